The molecule has 122 valence electrons. The Morgan fingerprint density at radius 1 is 1.36 bits per heavy atom. The van der Waals surface area contributed by atoms with Crippen LogP contribution >= 0.6 is 0 Å². The first-order chi connectivity index (χ1) is 10.3. The summed E-state index contributed by atoms with van der Waals surface area (Å²) in [6.45, 7) is 3.33. The molecule has 22 heavy (non-hydrogen) atoms. The van der Waals surface area contributed by atoms with Crippen molar-refractivity contribution in [2.75, 3.05) is 6.61 Å². The summed E-state index contributed by atoms with van der Waals surface area (Å²) in [5.74, 6) is -6.33. The van der Waals surface area contributed by atoms with E-state index < -0.39 is 29.4 Å². The van der Waals surface area contributed by atoms with Gasteiger partial charge in [0.2, 0.25) is 0 Å². The first-order valence-electron chi connectivity index (χ1n) is 6.91. The number of nitrogens with one attached hydrogen (secondary N) is 1. The van der Waals surface area contributed by atoms with Gasteiger partial charge in [-0.05, 0) is 32.4 Å². The predicted octanol–water partition coefficient (Wildman–Crippen LogP) is 2.55. The summed E-state index contributed by atoms with van der Waals surface area (Å²) < 4.78 is 33.7. The summed E-state index contributed by atoms with van der Waals surface area (Å²) in [5, 5.41) is 10.7. The third kappa shape index (κ3) is 4.68. The standard InChI is InChI=1S/C15H19F2NO4/c1-3-22-12-7-5-4-6-11(12)15(16,17)14(21)18-10(2)8-9-13(19)20/h4-7,10H,3,8-9H2,1-2H3,(H,18,21)(H,19,20). The van der Waals surface area contributed by atoms with E-state index in [9.17, 15) is 18.4 Å². The van der Waals surface area contributed by atoms with Gasteiger partial charge in [0.25, 0.3) is 5.91 Å². The summed E-state index contributed by atoms with van der Waals surface area (Å²) in [5.41, 5.74) is -0.514. The number of amides is 1. The molecule has 0 aliphatic carbocycles. The Bertz CT molecular complexity index is 534. The van der Waals surface area contributed by atoms with E-state index in [-0.39, 0.29) is 25.2 Å². The molecular weight excluding hydrogens is 296 g/mol. The van der Waals surface area contributed by atoms with Crippen molar-refractivity contribution in [3.8, 4) is 5.75 Å². The molecule has 1 rings (SSSR count). The molecule has 0 saturated carbocycles. The van der Waals surface area contributed by atoms with Gasteiger partial charge in [0.15, 0.2) is 0 Å². The van der Waals surface area contributed by atoms with Crippen LogP contribution in [0.4, 0.5) is 8.78 Å². The monoisotopic (exact) mass is 315 g/mol. The number of benzene rings is 1. The molecule has 0 aliphatic heterocycles. The highest BCUT2D eigenvalue weighted by molar-refractivity contribution is 5.85. The maximum Gasteiger partial charge on any atom is 0.353 e. The average Bonchev–Trinajstić information content (AvgIpc) is 2.45. The molecule has 1 atom stereocenters. The van der Waals surface area contributed by atoms with Crippen LogP contribution in [-0.2, 0) is 15.5 Å². The summed E-state index contributed by atoms with van der Waals surface area (Å²) in [6.07, 6.45) is -0.132. The Hall–Kier alpha value is -2.18. The van der Waals surface area contributed by atoms with Gasteiger partial charge in [-0.25, -0.2) is 0 Å². The fourth-order valence-electron chi connectivity index (χ4n) is 1.86. The second kappa shape index (κ2) is 7.72. The lowest BCUT2D eigenvalue weighted by atomic mass is 10.1. The third-order valence-corrected chi connectivity index (χ3v) is 2.98. The second-order valence-corrected chi connectivity index (χ2v) is 4.81. The molecule has 5 nitrogen and oxygen atoms in total. The van der Waals surface area contributed by atoms with E-state index in [0.717, 1.165) is 6.07 Å². The Balaban J connectivity index is 2.84. The van der Waals surface area contributed by atoms with Gasteiger partial charge in [0.1, 0.15) is 5.75 Å². The minimum absolute atomic E-state index is 0.0525. The van der Waals surface area contributed by atoms with Gasteiger partial charge in [-0.2, -0.15) is 8.78 Å². The molecule has 0 aromatic heterocycles. The van der Waals surface area contributed by atoms with Crippen molar-refractivity contribution in [1.29, 1.82) is 0 Å². The van der Waals surface area contributed by atoms with Gasteiger partial charge in [-0.1, -0.05) is 12.1 Å². The number of aliphatic carboxylic acids is 1. The molecule has 0 aliphatic rings. The van der Waals surface area contributed by atoms with Crippen LogP contribution in [0.1, 0.15) is 32.3 Å². The topological polar surface area (TPSA) is 75.6 Å². The van der Waals surface area contributed by atoms with Gasteiger partial charge >= 0.3 is 11.9 Å². The van der Waals surface area contributed by atoms with Crippen molar-refractivity contribution in [3.63, 3.8) is 0 Å². The fraction of sp³-hybridized carbons (Fsp3) is 0.467. The third-order valence-electron chi connectivity index (χ3n) is 2.98. The molecule has 0 heterocycles. The van der Waals surface area contributed by atoms with Crippen LogP contribution < -0.4 is 10.1 Å². The normalized spacial score (nSPS) is 12.5. The van der Waals surface area contributed by atoms with Crippen molar-refractivity contribution < 1.29 is 28.2 Å². The average molecular weight is 315 g/mol. The summed E-state index contributed by atoms with van der Waals surface area (Å²) in [4.78, 5) is 22.3. The molecule has 0 bridgehead atoms. The minimum atomic E-state index is -3.76. The molecule has 0 saturated heterocycles. The second-order valence-electron chi connectivity index (χ2n) is 4.81. The highest BCUT2D eigenvalue weighted by atomic mass is 19.3. The van der Waals surface area contributed by atoms with E-state index in [2.05, 4.69) is 5.32 Å². The van der Waals surface area contributed by atoms with E-state index >= 15 is 0 Å². The minimum Gasteiger partial charge on any atom is -0.493 e. The highest BCUT2D eigenvalue weighted by Gasteiger charge is 2.43. The summed E-state index contributed by atoms with van der Waals surface area (Å²) in [7, 11) is 0. The Labute approximate surface area is 127 Å². The maximum atomic E-state index is 14.3. The smallest absolute Gasteiger partial charge is 0.353 e. The number of para-hydroxylation sites is 1. The SMILES string of the molecule is CCOc1ccccc1C(F)(F)C(=O)NC(C)CCC(=O)O. The molecule has 0 fully saturated rings. The Morgan fingerprint density at radius 3 is 2.59 bits per heavy atom. The van der Waals surface area contributed by atoms with Crippen molar-refractivity contribution in [2.45, 2.75) is 38.7 Å². The van der Waals surface area contributed by atoms with Crippen molar-refractivity contribution in [1.82, 2.24) is 5.32 Å². The van der Waals surface area contributed by atoms with E-state index in [1.54, 1.807) is 6.92 Å². The summed E-state index contributed by atoms with van der Waals surface area (Å²) >= 11 is 0. The molecule has 1 aromatic rings. The molecule has 2 N–H and O–H groups in total. The Morgan fingerprint density at radius 2 is 2.00 bits per heavy atom. The van der Waals surface area contributed by atoms with Gasteiger partial charge in [0, 0.05) is 12.5 Å². The highest BCUT2D eigenvalue weighted by Crippen LogP contribution is 2.35. The molecule has 0 radical (unpaired) electrons. The van der Waals surface area contributed by atoms with E-state index in [4.69, 9.17) is 9.84 Å². The van der Waals surface area contributed by atoms with Gasteiger partial charge in [0.05, 0.1) is 12.2 Å². The van der Waals surface area contributed by atoms with Crippen LogP contribution in [-0.4, -0.2) is 29.6 Å². The van der Waals surface area contributed by atoms with E-state index in [1.165, 1.54) is 25.1 Å². The number of carbonyl (C=O) groups is 2. The lowest BCUT2D eigenvalue weighted by molar-refractivity contribution is -0.148. The fourth-order valence-corrected chi connectivity index (χ4v) is 1.86. The maximum absolute atomic E-state index is 14.3. The zero-order valence-electron chi connectivity index (χ0n) is 12.4. The molecule has 1 aromatic carbocycles. The number of alkyl halides is 2. The zero-order chi connectivity index (χ0) is 16.8. The van der Waals surface area contributed by atoms with Crippen LogP contribution in [0, 0.1) is 0 Å². The Kier molecular flexibility index (Phi) is 6.27. The number of rotatable bonds is 8. The quantitative estimate of drug-likeness (QED) is 0.773. The van der Waals surface area contributed by atoms with Crippen LogP contribution in [0.3, 0.4) is 0 Å². The first kappa shape index (κ1) is 17.9. The van der Waals surface area contributed by atoms with Crippen molar-refractivity contribution in [2.24, 2.45) is 0 Å². The molecule has 0 spiro atoms. The number of ether oxygens (including phenoxy) is 1. The van der Waals surface area contributed by atoms with Crippen LogP contribution in [0.2, 0.25) is 0 Å². The summed E-state index contributed by atoms with van der Waals surface area (Å²) in [6, 6.07) is 4.76. The van der Waals surface area contributed by atoms with Crippen molar-refractivity contribution in [3.05, 3.63) is 29.8 Å². The van der Waals surface area contributed by atoms with E-state index in [1.807, 2.05) is 0 Å². The molecular formula is C15H19F2NO4. The van der Waals surface area contributed by atoms with Crippen LogP contribution in [0.25, 0.3) is 0 Å². The first-order valence-corrected chi connectivity index (χ1v) is 6.91. The van der Waals surface area contributed by atoms with Crippen LogP contribution in [0.15, 0.2) is 24.3 Å². The lowest BCUT2D eigenvalue weighted by Crippen LogP contribution is -2.43. The number of carboxylic acid groups (broad SMARTS) is 1. The largest absolute Gasteiger partial charge is 0.493 e. The number of hydrogen-bond acceptors (Lipinski definition) is 3. The van der Waals surface area contributed by atoms with Crippen molar-refractivity contribution >= 4 is 11.9 Å². The molecule has 1 amide bonds. The lowest BCUT2D eigenvalue weighted by Gasteiger charge is -2.21. The predicted molar refractivity (Wildman–Crippen MR) is 76.0 cm³/mol. The zero-order valence-corrected chi connectivity index (χ0v) is 12.4. The van der Waals surface area contributed by atoms with Crippen LogP contribution in [0.5, 0.6) is 5.75 Å². The molecule has 7 heteroatoms. The van der Waals surface area contributed by atoms with Gasteiger partial charge in [-0.15, -0.1) is 0 Å². The van der Waals surface area contributed by atoms with Gasteiger partial charge < -0.3 is 15.2 Å². The van der Waals surface area contributed by atoms with Gasteiger partial charge in [-0.3, -0.25) is 9.59 Å². The molecule has 1 unspecified atom stereocenters. The van der Waals surface area contributed by atoms with E-state index in [0.29, 0.717) is 0 Å². The number of carbonyl (C=O) groups excluding carboxylic acids is 1. The number of carboxylic acids is 1. The number of halogens is 2. The number of hydrogen-bond donors (Lipinski definition) is 2.